The molecule has 148 valence electrons. The number of carbonyl (C=O) groups is 2. The third-order valence-corrected chi connectivity index (χ3v) is 4.41. The van der Waals surface area contributed by atoms with Gasteiger partial charge in [0.2, 0.25) is 11.8 Å². The Hall–Kier alpha value is -3.10. The molecule has 1 aliphatic heterocycles. The minimum atomic E-state index is -4.43. The van der Waals surface area contributed by atoms with Crippen LogP contribution in [0.2, 0.25) is 0 Å². The lowest BCUT2D eigenvalue weighted by atomic mass is 10.2. The predicted molar refractivity (Wildman–Crippen MR) is 97.7 cm³/mol. The van der Waals surface area contributed by atoms with Gasteiger partial charge in [0.15, 0.2) is 0 Å². The first-order valence-corrected chi connectivity index (χ1v) is 8.74. The topological polar surface area (TPSA) is 65.5 Å². The van der Waals surface area contributed by atoms with Gasteiger partial charge in [-0.15, -0.1) is 0 Å². The molecular formula is C19H19F3N4O2. The number of halogens is 3. The van der Waals surface area contributed by atoms with Gasteiger partial charge in [-0.2, -0.15) is 13.2 Å². The van der Waals surface area contributed by atoms with E-state index in [2.05, 4.69) is 15.2 Å². The molecule has 1 aromatic carbocycles. The Kier molecular flexibility index (Phi) is 5.81. The second-order valence-electron chi connectivity index (χ2n) is 6.36. The quantitative estimate of drug-likeness (QED) is 0.813. The molecule has 1 fully saturated rings. The Bertz CT molecular complexity index is 817. The summed E-state index contributed by atoms with van der Waals surface area (Å²) in [5, 5.41) is 2.45. The highest BCUT2D eigenvalue weighted by molar-refractivity contribution is 6.03. The van der Waals surface area contributed by atoms with Crippen LogP contribution in [0.15, 0.2) is 48.7 Å². The molecule has 28 heavy (non-hydrogen) atoms. The van der Waals surface area contributed by atoms with Crippen LogP contribution in [0.5, 0.6) is 0 Å². The highest BCUT2D eigenvalue weighted by atomic mass is 19.4. The van der Waals surface area contributed by atoms with Crippen molar-refractivity contribution >= 4 is 23.3 Å². The molecule has 1 saturated heterocycles. The largest absolute Gasteiger partial charge is 0.416 e. The van der Waals surface area contributed by atoms with Crippen LogP contribution >= 0.6 is 0 Å². The minimum Gasteiger partial charge on any atom is -0.353 e. The number of rotatable bonds is 4. The zero-order valence-electron chi connectivity index (χ0n) is 14.9. The SMILES string of the molecule is O=C(CC(=O)N1CCN(c2ccccn2)CC1)Nc1ccc(C(F)(F)F)cc1. The molecule has 1 aliphatic rings. The maximum absolute atomic E-state index is 12.6. The van der Waals surface area contributed by atoms with Crippen molar-refractivity contribution in [3.63, 3.8) is 0 Å². The van der Waals surface area contributed by atoms with E-state index in [-0.39, 0.29) is 18.0 Å². The Morgan fingerprint density at radius 2 is 1.68 bits per heavy atom. The molecule has 2 aromatic rings. The van der Waals surface area contributed by atoms with Crippen LogP contribution < -0.4 is 10.2 Å². The van der Waals surface area contributed by atoms with E-state index in [4.69, 9.17) is 0 Å². The Morgan fingerprint density at radius 1 is 1.00 bits per heavy atom. The first kappa shape index (κ1) is 19.7. The summed E-state index contributed by atoms with van der Waals surface area (Å²) in [6, 6.07) is 9.72. The van der Waals surface area contributed by atoms with Crippen molar-refractivity contribution < 1.29 is 22.8 Å². The Balaban J connectivity index is 1.48. The van der Waals surface area contributed by atoms with E-state index >= 15 is 0 Å². The summed E-state index contributed by atoms with van der Waals surface area (Å²) < 4.78 is 37.7. The summed E-state index contributed by atoms with van der Waals surface area (Å²) in [5.74, 6) is -0.0309. The number of nitrogens with zero attached hydrogens (tertiary/aromatic N) is 3. The van der Waals surface area contributed by atoms with Gasteiger partial charge in [0.1, 0.15) is 12.2 Å². The van der Waals surface area contributed by atoms with Gasteiger partial charge in [-0.1, -0.05) is 6.07 Å². The van der Waals surface area contributed by atoms with Crippen molar-refractivity contribution in [2.75, 3.05) is 36.4 Å². The van der Waals surface area contributed by atoms with E-state index in [1.54, 1.807) is 11.1 Å². The van der Waals surface area contributed by atoms with E-state index in [1.807, 2.05) is 18.2 Å². The van der Waals surface area contributed by atoms with Gasteiger partial charge in [-0.05, 0) is 36.4 Å². The van der Waals surface area contributed by atoms with Gasteiger partial charge < -0.3 is 15.1 Å². The van der Waals surface area contributed by atoms with Crippen LogP contribution in [0.4, 0.5) is 24.7 Å². The number of hydrogen-bond donors (Lipinski definition) is 1. The average molecular weight is 392 g/mol. The minimum absolute atomic E-state index is 0.214. The van der Waals surface area contributed by atoms with Crippen molar-refractivity contribution in [2.24, 2.45) is 0 Å². The first-order valence-electron chi connectivity index (χ1n) is 8.74. The van der Waals surface area contributed by atoms with Gasteiger partial charge >= 0.3 is 6.18 Å². The summed E-state index contributed by atoms with van der Waals surface area (Å²) in [6.45, 7) is 2.18. The molecule has 0 saturated carbocycles. The second kappa shape index (κ2) is 8.28. The maximum Gasteiger partial charge on any atom is 0.416 e. The molecule has 3 rings (SSSR count). The highest BCUT2D eigenvalue weighted by Gasteiger charge is 2.30. The normalized spacial score (nSPS) is 14.7. The molecule has 0 radical (unpaired) electrons. The molecule has 0 aliphatic carbocycles. The number of aromatic nitrogens is 1. The lowest BCUT2D eigenvalue weighted by Gasteiger charge is -2.35. The van der Waals surface area contributed by atoms with Crippen molar-refractivity contribution in [3.05, 3.63) is 54.2 Å². The zero-order chi connectivity index (χ0) is 20.1. The lowest BCUT2D eigenvalue weighted by Crippen LogP contribution is -2.49. The molecule has 2 heterocycles. The number of alkyl halides is 3. The number of amides is 2. The number of pyridine rings is 1. The predicted octanol–water partition coefficient (Wildman–Crippen LogP) is 2.78. The number of anilines is 2. The average Bonchev–Trinajstić information content (AvgIpc) is 2.68. The standard InChI is InChI=1S/C19H19F3N4O2/c20-19(21,22)14-4-6-15(7-5-14)24-17(27)13-18(28)26-11-9-25(10-12-26)16-3-1-2-8-23-16/h1-8H,9-13H2,(H,24,27). The van der Waals surface area contributed by atoms with E-state index in [0.29, 0.717) is 26.2 Å². The Morgan fingerprint density at radius 3 is 2.25 bits per heavy atom. The first-order chi connectivity index (χ1) is 13.3. The Labute approximate surface area is 160 Å². The molecule has 0 unspecified atom stereocenters. The number of hydrogen-bond acceptors (Lipinski definition) is 4. The second-order valence-corrected chi connectivity index (χ2v) is 6.36. The summed E-state index contributed by atoms with van der Waals surface area (Å²) in [7, 11) is 0. The highest BCUT2D eigenvalue weighted by Crippen LogP contribution is 2.29. The summed E-state index contributed by atoms with van der Waals surface area (Å²) in [6.07, 6.45) is -3.08. The number of benzene rings is 1. The van der Waals surface area contributed by atoms with Gasteiger partial charge in [0.25, 0.3) is 0 Å². The maximum atomic E-state index is 12.6. The van der Waals surface area contributed by atoms with Crippen LogP contribution in [0.3, 0.4) is 0 Å². The molecule has 9 heteroatoms. The fourth-order valence-corrected chi connectivity index (χ4v) is 2.92. The van der Waals surface area contributed by atoms with Gasteiger partial charge in [-0.25, -0.2) is 4.98 Å². The third kappa shape index (κ3) is 4.99. The van der Waals surface area contributed by atoms with Crippen LogP contribution in [0.1, 0.15) is 12.0 Å². The number of carbonyl (C=O) groups excluding carboxylic acids is 2. The van der Waals surface area contributed by atoms with Crippen LogP contribution in [-0.2, 0) is 15.8 Å². The lowest BCUT2D eigenvalue weighted by molar-refractivity contribution is -0.137. The molecule has 0 spiro atoms. The van der Waals surface area contributed by atoms with Crippen molar-refractivity contribution in [1.29, 1.82) is 0 Å². The van der Waals surface area contributed by atoms with Gasteiger partial charge in [-0.3, -0.25) is 9.59 Å². The van der Waals surface area contributed by atoms with E-state index in [9.17, 15) is 22.8 Å². The third-order valence-electron chi connectivity index (χ3n) is 4.41. The summed E-state index contributed by atoms with van der Waals surface area (Å²) in [5.41, 5.74) is -0.585. The molecular weight excluding hydrogens is 373 g/mol. The van der Waals surface area contributed by atoms with E-state index in [1.165, 1.54) is 0 Å². The van der Waals surface area contributed by atoms with Gasteiger partial charge in [0.05, 0.1) is 5.56 Å². The number of piperazine rings is 1. The summed E-state index contributed by atoms with van der Waals surface area (Å²) >= 11 is 0. The number of nitrogens with one attached hydrogen (secondary N) is 1. The molecule has 0 bridgehead atoms. The van der Waals surface area contributed by atoms with Crippen molar-refractivity contribution in [2.45, 2.75) is 12.6 Å². The van der Waals surface area contributed by atoms with Crippen LogP contribution in [-0.4, -0.2) is 47.9 Å². The smallest absolute Gasteiger partial charge is 0.353 e. The molecule has 1 aromatic heterocycles. The van der Waals surface area contributed by atoms with Gasteiger partial charge in [0, 0.05) is 38.1 Å². The monoisotopic (exact) mass is 392 g/mol. The molecule has 1 N–H and O–H groups in total. The van der Waals surface area contributed by atoms with Crippen molar-refractivity contribution in [3.8, 4) is 0 Å². The summed E-state index contributed by atoms with van der Waals surface area (Å²) in [4.78, 5) is 32.3. The molecule has 6 nitrogen and oxygen atoms in total. The van der Waals surface area contributed by atoms with Crippen molar-refractivity contribution in [1.82, 2.24) is 9.88 Å². The fourth-order valence-electron chi connectivity index (χ4n) is 2.92. The fraction of sp³-hybridized carbons (Fsp3) is 0.316. The van der Waals surface area contributed by atoms with E-state index < -0.39 is 17.6 Å². The van der Waals surface area contributed by atoms with Crippen LogP contribution in [0.25, 0.3) is 0 Å². The molecule has 0 atom stereocenters. The van der Waals surface area contributed by atoms with E-state index in [0.717, 1.165) is 30.1 Å². The van der Waals surface area contributed by atoms with Crippen LogP contribution in [0, 0.1) is 0 Å². The molecule has 2 amide bonds. The zero-order valence-corrected chi connectivity index (χ0v) is 14.9.